The van der Waals surface area contributed by atoms with Gasteiger partial charge in [0.1, 0.15) is 30.1 Å². The number of hydrogen-bond acceptors (Lipinski definition) is 9. The molecule has 0 saturated carbocycles. The number of aliphatic hydroxyl groups is 2. The predicted molar refractivity (Wildman–Crippen MR) is 97.2 cm³/mol. The fourth-order valence-corrected chi connectivity index (χ4v) is 2.97. The average Bonchev–Trinajstić information content (AvgIpc) is 2.60. The molecule has 0 unspecified atom stereocenters. The van der Waals surface area contributed by atoms with Crippen molar-refractivity contribution < 1.29 is 46.4 Å². The van der Waals surface area contributed by atoms with E-state index < -0.39 is 53.6 Å². The van der Waals surface area contributed by atoms with E-state index in [1.807, 2.05) is 0 Å². The molecule has 1 aromatic rings. The van der Waals surface area contributed by atoms with Crippen LogP contribution in [-0.2, 0) is 28.9 Å². The second kappa shape index (κ2) is 9.47. The molecule has 0 aromatic heterocycles. The van der Waals surface area contributed by atoms with Gasteiger partial charge in [-0.1, -0.05) is 0 Å². The van der Waals surface area contributed by atoms with Gasteiger partial charge in [0.15, 0.2) is 0 Å². The van der Waals surface area contributed by atoms with E-state index in [4.69, 9.17) is 14.0 Å². The first kappa shape index (κ1) is 23.0. The standard InChI is InChI=1S/C16H22N2O10S/c1-8(19)17-10-3-5-11(6-4-10)27-16-13(18-9(2)20)15(22)14(21)12(28-16)7-26-29(23,24)25/h3-6,12-16,21-22H,7H2,1-2H3,(H,17,19)(H,18,20)(H,23,24,25)/t12-,13+,14-,15-,16-/m1/s1. The molecule has 2 rings (SSSR count). The van der Waals surface area contributed by atoms with Gasteiger partial charge in [0.2, 0.25) is 18.1 Å². The van der Waals surface area contributed by atoms with Gasteiger partial charge in [-0.15, -0.1) is 0 Å². The monoisotopic (exact) mass is 434 g/mol. The van der Waals surface area contributed by atoms with Crippen molar-refractivity contribution in [3.63, 3.8) is 0 Å². The smallest absolute Gasteiger partial charge is 0.397 e. The Labute approximate surface area is 166 Å². The molecule has 1 heterocycles. The molecule has 13 heteroatoms. The molecule has 0 bridgehead atoms. The van der Waals surface area contributed by atoms with Crippen molar-refractivity contribution in [2.45, 2.75) is 44.5 Å². The highest BCUT2D eigenvalue weighted by Crippen LogP contribution is 2.26. The largest absolute Gasteiger partial charge is 0.463 e. The molecule has 0 aliphatic carbocycles. The normalized spacial score (nSPS) is 27.1. The summed E-state index contributed by atoms with van der Waals surface area (Å²) < 4.78 is 45.5. The van der Waals surface area contributed by atoms with E-state index in [2.05, 4.69) is 14.8 Å². The molecule has 5 atom stereocenters. The van der Waals surface area contributed by atoms with Crippen LogP contribution in [0.25, 0.3) is 0 Å². The molecule has 12 nitrogen and oxygen atoms in total. The van der Waals surface area contributed by atoms with Crippen LogP contribution >= 0.6 is 0 Å². The zero-order valence-corrected chi connectivity index (χ0v) is 16.3. The molecule has 5 N–H and O–H groups in total. The topological polar surface area (TPSA) is 181 Å². The summed E-state index contributed by atoms with van der Waals surface area (Å²) >= 11 is 0. The number of amides is 2. The minimum Gasteiger partial charge on any atom is -0.463 e. The molecule has 1 aliphatic heterocycles. The molecule has 2 amide bonds. The highest BCUT2D eigenvalue weighted by molar-refractivity contribution is 7.80. The van der Waals surface area contributed by atoms with Gasteiger partial charge in [-0.3, -0.25) is 14.1 Å². The third-order valence-corrected chi connectivity index (χ3v) is 4.31. The SMILES string of the molecule is CC(=O)Nc1ccc(O[C@@H]2O[C@H](COS(=O)(=O)O)[C@@H](O)[C@H](O)[C@@H]2NC(C)=O)cc1. The van der Waals surface area contributed by atoms with Gasteiger partial charge < -0.3 is 30.3 Å². The number of rotatable bonds is 7. The van der Waals surface area contributed by atoms with E-state index in [9.17, 15) is 28.2 Å². The van der Waals surface area contributed by atoms with Crippen LogP contribution in [0.3, 0.4) is 0 Å². The lowest BCUT2D eigenvalue weighted by Crippen LogP contribution is -2.65. The fourth-order valence-electron chi connectivity index (χ4n) is 2.67. The summed E-state index contributed by atoms with van der Waals surface area (Å²) in [4.78, 5) is 22.5. The number of carbonyl (C=O) groups is 2. The van der Waals surface area contributed by atoms with Gasteiger partial charge >= 0.3 is 10.4 Å². The number of anilines is 1. The van der Waals surface area contributed by atoms with Gasteiger partial charge in [0.05, 0.1) is 6.61 Å². The van der Waals surface area contributed by atoms with Crippen molar-refractivity contribution in [2.24, 2.45) is 0 Å². The lowest BCUT2D eigenvalue weighted by molar-refractivity contribution is -0.242. The molecule has 29 heavy (non-hydrogen) atoms. The van der Waals surface area contributed by atoms with Crippen LogP contribution in [0.15, 0.2) is 24.3 Å². The zero-order valence-electron chi connectivity index (χ0n) is 15.5. The van der Waals surface area contributed by atoms with Gasteiger partial charge in [0, 0.05) is 19.5 Å². The maximum Gasteiger partial charge on any atom is 0.397 e. The molecule has 0 radical (unpaired) electrons. The first-order valence-electron chi connectivity index (χ1n) is 8.41. The number of nitrogens with one attached hydrogen (secondary N) is 2. The molecule has 1 aromatic carbocycles. The van der Waals surface area contributed by atoms with E-state index in [-0.39, 0.29) is 11.7 Å². The molecular weight excluding hydrogens is 412 g/mol. The van der Waals surface area contributed by atoms with Gasteiger partial charge in [-0.2, -0.15) is 8.42 Å². The molecule has 1 fully saturated rings. The lowest BCUT2D eigenvalue weighted by Gasteiger charge is -2.42. The summed E-state index contributed by atoms with van der Waals surface area (Å²) in [6.45, 7) is 1.73. The van der Waals surface area contributed by atoms with Crippen LogP contribution in [-0.4, -0.2) is 72.2 Å². The van der Waals surface area contributed by atoms with Crippen LogP contribution in [0.4, 0.5) is 5.69 Å². The Kier molecular flexibility index (Phi) is 7.51. The first-order valence-corrected chi connectivity index (χ1v) is 9.77. The third-order valence-electron chi connectivity index (χ3n) is 3.88. The minimum absolute atomic E-state index is 0.234. The first-order chi connectivity index (χ1) is 13.5. The Morgan fingerprint density at radius 1 is 1.10 bits per heavy atom. The Morgan fingerprint density at radius 3 is 2.24 bits per heavy atom. The maximum absolute atomic E-state index is 11.5. The van der Waals surface area contributed by atoms with Crippen LogP contribution in [0.2, 0.25) is 0 Å². The summed E-state index contributed by atoms with van der Waals surface area (Å²) in [5.41, 5.74) is 0.503. The Balaban J connectivity index is 2.18. The zero-order chi connectivity index (χ0) is 21.8. The van der Waals surface area contributed by atoms with Crippen molar-refractivity contribution in [3.8, 4) is 5.75 Å². The summed E-state index contributed by atoms with van der Waals surface area (Å²) in [5.74, 6) is -0.566. The highest BCUT2D eigenvalue weighted by atomic mass is 32.3. The predicted octanol–water partition coefficient (Wildman–Crippen LogP) is -1.21. The van der Waals surface area contributed by atoms with Crippen molar-refractivity contribution in [1.82, 2.24) is 5.32 Å². The maximum atomic E-state index is 11.5. The molecule has 1 saturated heterocycles. The van der Waals surface area contributed by atoms with E-state index in [1.165, 1.54) is 38.1 Å². The average molecular weight is 434 g/mol. The van der Waals surface area contributed by atoms with Crippen molar-refractivity contribution >= 4 is 27.9 Å². The lowest BCUT2D eigenvalue weighted by atomic mass is 9.97. The highest BCUT2D eigenvalue weighted by Gasteiger charge is 2.46. The summed E-state index contributed by atoms with van der Waals surface area (Å²) in [6, 6.07) is 4.86. The molecule has 1 aliphatic rings. The van der Waals surface area contributed by atoms with E-state index >= 15 is 0 Å². The van der Waals surface area contributed by atoms with Gasteiger partial charge in [0.25, 0.3) is 0 Å². The van der Waals surface area contributed by atoms with Crippen LogP contribution in [0.1, 0.15) is 13.8 Å². The van der Waals surface area contributed by atoms with E-state index in [0.717, 1.165) is 0 Å². The summed E-state index contributed by atoms with van der Waals surface area (Å²) in [5, 5.41) is 25.4. The Bertz CT molecular complexity index is 829. The van der Waals surface area contributed by atoms with E-state index in [0.29, 0.717) is 5.69 Å². The van der Waals surface area contributed by atoms with Crippen LogP contribution in [0.5, 0.6) is 5.75 Å². The number of aliphatic hydroxyl groups excluding tert-OH is 2. The third kappa shape index (κ3) is 6.92. The molecule has 162 valence electrons. The number of ether oxygens (including phenoxy) is 2. The number of hydrogen-bond donors (Lipinski definition) is 5. The second-order valence-electron chi connectivity index (χ2n) is 6.29. The number of benzene rings is 1. The van der Waals surface area contributed by atoms with Crippen LogP contribution in [0, 0.1) is 0 Å². The van der Waals surface area contributed by atoms with Crippen molar-refractivity contribution in [2.75, 3.05) is 11.9 Å². The summed E-state index contributed by atoms with van der Waals surface area (Å²) in [7, 11) is -4.81. The van der Waals surface area contributed by atoms with Crippen LogP contribution < -0.4 is 15.4 Å². The minimum atomic E-state index is -4.81. The Hall–Kier alpha value is -2.29. The number of carbonyl (C=O) groups excluding carboxylic acids is 2. The molecular formula is C16H22N2O10S. The van der Waals surface area contributed by atoms with Crippen molar-refractivity contribution in [3.05, 3.63) is 24.3 Å². The quantitative estimate of drug-likeness (QED) is 0.327. The Morgan fingerprint density at radius 2 is 1.72 bits per heavy atom. The second-order valence-corrected chi connectivity index (χ2v) is 7.38. The molecule has 0 spiro atoms. The van der Waals surface area contributed by atoms with E-state index in [1.54, 1.807) is 0 Å². The summed E-state index contributed by atoms with van der Waals surface area (Å²) in [6.07, 6.45) is -5.96. The fraction of sp³-hybridized carbons (Fsp3) is 0.500. The van der Waals surface area contributed by atoms with Crippen molar-refractivity contribution in [1.29, 1.82) is 0 Å². The van der Waals surface area contributed by atoms with Gasteiger partial charge in [-0.05, 0) is 24.3 Å². The van der Waals surface area contributed by atoms with Gasteiger partial charge in [-0.25, -0.2) is 4.18 Å².